The highest BCUT2D eigenvalue weighted by Gasteiger charge is 2.16. The van der Waals surface area contributed by atoms with E-state index in [2.05, 4.69) is 34.1 Å². The Morgan fingerprint density at radius 3 is 2.10 bits per heavy atom. The van der Waals surface area contributed by atoms with E-state index >= 15 is 0 Å². The van der Waals surface area contributed by atoms with Crippen molar-refractivity contribution in [3.63, 3.8) is 0 Å². The van der Waals surface area contributed by atoms with E-state index < -0.39 is 5.97 Å². The number of halogens is 1. The molecular weight excluding hydrogens is 276 g/mol. The number of hydrogen-bond acceptors (Lipinski definition) is 3. The smallest absolute Gasteiger partial charge is 0.304 e. The summed E-state index contributed by atoms with van der Waals surface area (Å²) in [7, 11) is 0. The lowest BCUT2D eigenvalue weighted by atomic mass is 10.1. The van der Waals surface area contributed by atoms with Crippen molar-refractivity contribution in [3.8, 4) is 0 Å². The van der Waals surface area contributed by atoms with Crippen LogP contribution in [0.3, 0.4) is 0 Å². The number of carbonyl (C=O) groups is 1. The summed E-state index contributed by atoms with van der Waals surface area (Å²) < 4.78 is 0. The monoisotopic (exact) mass is 298 g/mol. The average molecular weight is 299 g/mol. The summed E-state index contributed by atoms with van der Waals surface area (Å²) in [5.41, 5.74) is 1.39. The van der Waals surface area contributed by atoms with Crippen LogP contribution in [0.4, 0.5) is 0 Å². The van der Waals surface area contributed by atoms with Gasteiger partial charge in [0.2, 0.25) is 0 Å². The predicted octanol–water partition coefficient (Wildman–Crippen LogP) is 1.74. The fraction of sp³-hybridized carbons (Fsp3) is 0.533. The largest absolute Gasteiger partial charge is 0.481 e. The Balaban J connectivity index is 0.00000200. The summed E-state index contributed by atoms with van der Waals surface area (Å²) in [6, 6.07) is 10.6. The van der Waals surface area contributed by atoms with Gasteiger partial charge in [0.15, 0.2) is 0 Å². The van der Waals surface area contributed by atoms with Gasteiger partial charge in [-0.2, -0.15) is 0 Å². The molecular formula is C15H23ClN2O2. The second-order valence-electron chi connectivity index (χ2n) is 5.06. The van der Waals surface area contributed by atoms with E-state index in [4.69, 9.17) is 5.11 Å². The first-order chi connectivity index (χ1) is 9.24. The SMILES string of the molecule is Cl.O=C(O)CCN1CCN(CCc2ccccc2)CC1. The van der Waals surface area contributed by atoms with Gasteiger partial charge in [0.1, 0.15) is 0 Å². The molecule has 1 aliphatic rings. The Morgan fingerprint density at radius 2 is 1.55 bits per heavy atom. The quantitative estimate of drug-likeness (QED) is 0.869. The van der Waals surface area contributed by atoms with Crippen LogP contribution in [0.2, 0.25) is 0 Å². The van der Waals surface area contributed by atoms with Gasteiger partial charge in [-0.25, -0.2) is 0 Å². The lowest BCUT2D eigenvalue weighted by Gasteiger charge is -2.34. The summed E-state index contributed by atoms with van der Waals surface area (Å²) in [6.07, 6.45) is 1.35. The van der Waals surface area contributed by atoms with Crippen molar-refractivity contribution < 1.29 is 9.90 Å². The number of hydrogen-bond donors (Lipinski definition) is 1. The number of rotatable bonds is 6. The Kier molecular flexibility index (Phi) is 7.59. The van der Waals surface area contributed by atoms with Gasteiger partial charge in [-0.1, -0.05) is 30.3 Å². The molecule has 5 heteroatoms. The van der Waals surface area contributed by atoms with Crippen molar-refractivity contribution in [2.45, 2.75) is 12.8 Å². The van der Waals surface area contributed by atoms with Crippen LogP contribution < -0.4 is 0 Å². The topological polar surface area (TPSA) is 43.8 Å². The molecule has 1 aliphatic heterocycles. The molecule has 1 heterocycles. The van der Waals surface area contributed by atoms with E-state index in [1.54, 1.807) is 0 Å². The van der Waals surface area contributed by atoms with Crippen LogP contribution in [-0.2, 0) is 11.2 Å². The van der Waals surface area contributed by atoms with E-state index in [0.29, 0.717) is 6.54 Å². The standard InChI is InChI=1S/C15H22N2O2.ClH/c18-15(19)7-9-17-12-10-16(11-13-17)8-6-14-4-2-1-3-5-14;/h1-5H,6-13H2,(H,18,19);1H. The van der Waals surface area contributed by atoms with Crippen LogP contribution in [0.5, 0.6) is 0 Å². The molecule has 0 unspecified atom stereocenters. The third kappa shape index (κ3) is 5.90. The van der Waals surface area contributed by atoms with E-state index in [1.165, 1.54) is 5.56 Å². The van der Waals surface area contributed by atoms with Crippen LogP contribution in [-0.4, -0.2) is 60.1 Å². The lowest BCUT2D eigenvalue weighted by molar-refractivity contribution is -0.137. The van der Waals surface area contributed by atoms with E-state index in [1.807, 2.05) is 6.07 Å². The van der Waals surface area contributed by atoms with Crippen molar-refractivity contribution in [3.05, 3.63) is 35.9 Å². The van der Waals surface area contributed by atoms with Gasteiger partial charge in [-0.3, -0.25) is 4.79 Å². The molecule has 0 atom stereocenters. The van der Waals surface area contributed by atoms with Gasteiger partial charge in [0.25, 0.3) is 0 Å². The fourth-order valence-corrected chi connectivity index (χ4v) is 2.42. The summed E-state index contributed by atoms with van der Waals surface area (Å²) >= 11 is 0. The molecule has 1 aromatic carbocycles. The zero-order valence-electron chi connectivity index (χ0n) is 11.7. The fourth-order valence-electron chi connectivity index (χ4n) is 2.42. The van der Waals surface area contributed by atoms with E-state index in [-0.39, 0.29) is 18.8 Å². The molecule has 0 radical (unpaired) electrons. The average Bonchev–Trinajstić information content (AvgIpc) is 2.45. The molecule has 1 saturated heterocycles. The van der Waals surface area contributed by atoms with Crippen LogP contribution >= 0.6 is 12.4 Å². The maximum absolute atomic E-state index is 10.5. The molecule has 0 amide bonds. The molecule has 2 rings (SSSR count). The summed E-state index contributed by atoms with van der Waals surface area (Å²) in [5.74, 6) is -0.702. The van der Waals surface area contributed by atoms with Gasteiger partial charge in [-0.15, -0.1) is 12.4 Å². The molecule has 1 aromatic rings. The summed E-state index contributed by atoms with van der Waals surface area (Å²) in [5, 5.41) is 8.67. The second kappa shape index (κ2) is 8.95. The van der Waals surface area contributed by atoms with Gasteiger partial charge >= 0.3 is 5.97 Å². The van der Waals surface area contributed by atoms with Crippen molar-refractivity contribution in [2.75, 3.05) is 39.3 Å². The third-order valence-corrected chi connectivity index (χ3v) is 3.67. The number of carboxylic acid groups (broad SMARTS) is 1. The molecule has 4 nitrogen and oxygen atoms in total. The van der Waals surface area contributed by atoms with Crippen molar-refractivity contribution in [1.82, 2.24) is 9.80 Å². The van der Waals surface area contributed by atoms with Gasteiger partial charge < -0.3 is 14.9 Å². The zero-order chi connectivity index (χ0) is 13.5. The normalized spacial score (nSPS) is 16.6. The van der Waals surface area contributed by atoms with Crippen LogP contribution in [0.25, 0.3) is 0 Å². The predicted molar refractivity (Wildman–Crippen MR) is 82.5 cm³/mol. The number of aliphatic carboxylic acids is 1. The molecule has 0 aliphatic carbocycles. The number of benzene rings is 1. The highest BCUT2D eigenvalue weighted by Crippen LogP contribution is 2.05. The molecule has 0 saturated carbocycles. The minimum atomic E-state index is -0.702. The molecule has 20 heavy (non-hydrogen) atoms. The van der Waals surface area contributed by atoms with Gasteiger partial charge in [0.05, 0.1) is 6.42 Å². The molecule has 112 valence electrons. The molecule has 0 aromatic heterocycles. The number of piperazine rings is 1. The lowest BCUT2D eigenvalue weighted by Crippen LogP contribution is -2.47. The number of carboxylic acids is 1. The molecule has 1 N–H and O–H groups in total. The highest BCUT2D eigenvalue weighted by atomic mass is 35.5. The third-order valence-electron chi connectivity index (χ3n) is 3.67. The van der Waals surface area contributed by atoms with E-state index in [0.717, 1.165) is 39.1 Å². The zero-order valence-corrected chi connectivity index (χ0v) is 12.5. The van der Waals surface area contributed by atoms with Crippen molar-refractivity contribution in [2.24, 2.45) is 0 Å². The maximum atomic E-state index is 10.5. The van der Waals surface area contributed by atoms with Crippen LogP contribution in [0.15, 0.2) is 30.3 Å². The first-order valence-electron chi connectivity index (χ1n) is 6.94. The first kappa shape index (κ1) is 17.0. The van der Waals surface area contributed by atoms with Gasteiger partial charge in [0, 0.05) is 39.3 Å². The Bertz CT molecular complexity index is 392. The molecule has 0 spiro atoms. The maximum Gasteiger partial charge on any atom is 0.304 e. The van der Waals surface area contributed by atoms with Crippen LogP contribution in [0, 0.1) is 0 Å². The first-order valence-corrected chi connectivity index (χ1v) is 6.94. The van der Waals surface area contributed by atoms with Crippen molar-refractivity contribution >= 4 is 18.4 Å². The van der Waals surface area contributed by atoms with Crippen molar-refractivity contribution in [1.29, 1.82) is 0 Å². The van der Waals surface area contributed by atoms with Crippen LogP contribution in [0.1, 0.15) is 12.0 Å². The van der Waals surface area contributed by atoms with E-state index in [9.17, 15) is 4.79 Å². The minimum absolute atomic E-state index is 0. The molecule has 1 fully saturated rings. The summed E-state index contributed by atoms with van der Waals surface area (Å²) in [4.78, 5) is 15.2. The summed E-state index contributed by atoms with van der Waals surface area (Å²) in [6.45, 7) is 5.85. The Labute approximate surface area is 126 Å². The highest BCUT2D eigenvalue weighted by molar-refractivity contribution is 5.85. The minimum Gasteiger partial charge on any atom is -0.481 e. The molecule has 0 bridgehead atoms. The Hall–Kier alpha value is -1.10. The Morgan fingerprint density at radius 1 is 1.00 bits per heavy atom. The van der Waals surface area contributed by atoms with Gasteiger partial charge in [-0.05, 0) is 12.0 Å². The number of nitrogens with zero attached hydrogens (tertiary/aromatic N) is 2. The second-order valence-corrected chi connectivity index (χ2v) is 5.06.